The van der Waals surface area contributed by atoms with E-state index in [4.69, 9.17) is 0 Å². The summed E-state index contributed by atoms with van der Waals surface area (Å²) in [6, 6.07) is 6.41. The topological polar surface area (TPSA) is 46.6 Å². The summed E-state index contributed by atoms with van der Waals surface area (Å²) in [6.45, 7) is -0.478. The highest BCUT2D eigenvalue weighted by Gasteiger charge is 2.48. The van der Waals surface area contributed by atoms with Gasteiger partial charge in [-0.25, -0.2) is 4.79 Å². The van der Waals surface area contributed by atoms with Crippen LogP contribution in [-0.4, -0.2) is 41.8 Å². The average Bonchev–Trinajstić information content (AvgIpc) is 2.53. The highest BCUT2D eigenvalue weighted by Crippen LogP contribution is 2.36. The molecular formula is C15H13F6NO3. The molecule has 1 aromatic rings. The van der Waals surface area contributed by atoms with Crippen molar-refractivity contribution in [3.8, 4) is 0 Å². The molecule has 1 aliphatic rings. The number of benzene rings is 1. The Morgan fingerprint density at radius 1 is 1.00 bits per heavy atom. The number of halogens is 6. The Kier molecular flexibility index (Phi) is 5.28. The fourth-order valence-corrected chi connectivity index (χ4v) is 2.66. The molecule has 1 heterocycles. The third kappa shape index (κ3) is 4.64. The minimum absolute atomic E-state index is 0.313. The minimum atomic E-state index is -5.19. The van der Waals surface area contributed by atoms with Gasteiger partial charge in [-0.3, -0.25) is 4.79 Å². The van der Waals surface area contributed by atoms with E-state index >= 15 is 0 Å². The van der Waals surface area contributed by atoms with Crippen LogP contribution in [0, 0.1) is 0 Å². The van der Waals surface area contributed by atoms with Gasteiger partial charge >= 0.3 is 24.2 Å². The van der Waals surface area contributed by atoms with Crippen LogP contribution in [-0.2, 0) is 14.3 Å². The van der Waals surface area contributed by atoms with Crippen LogP contribution in [0.2, 0.25) is 0 Å². The van der Waals surface area contributed by atoms with Gasteiger partial charge in [-0.1, -0.05) is 30.3 Å². The lowest BCUT2D eigenvalue weighted by atomic mass is 9.93. The average molecular weight is 369 g/mol. The van der Waals surface area contributed by atoms with Crippen LogP contribution in [0.25, 0.3) is 0 Å². The molecule has 0 spiro atoms. The second kappa shape index (κ2) is 6.93. The predicted molar refractivity (Wildman–Crippen MR) is 72.1 cm³/mol. The number of carbonyl (C=O) groups is 2. The Morgan fingerprint density at radius 2 is 1.60 bits per heavy atom. The standard InChI is InChI=1S/C15H13F6NO3/c16-14(17,18)12(23)22-7-6-10(25-13(24)15(19,20)21)8-11(22)9-4-2-1-3-5-9/h1-5,10-11H,6-8H2/t10-,11+/m1/s1. The van der Waals surface area contributed by atoms with Gasteiger partial charge in [0.1, 0.15) is 6.10 Å². The number of hydrogen-bond acceptors (Lipinski definition) is 3. The fourth-order valence-electron chi connectivity index (χ4n) is 2.66. The highest BCUT2D eigenvalue weighted by molar-refractivity contribution is 5.82. The lowest BCUT2D eigenvalue weighted by Gasteiger charge is -2.39. The summed E-state index contributed by atoms with van der Waals surface area (Å²) >= 11 is 0. The molecule has 138 valence electrons. The molecule has 2 rings (SSSR count). The molecule has 0 bridgehead atoms. The summed E-state index contributed by atoms with van der Waals surface area (Å²) in [4.78, 5) is 23.1. The molecule has 1 amide bonds. The van der Waals surface area contributed by atoms with Crippen LogP contribution in [0.15, 0.2) is 30.3 Å². The van der Waals surface area contributed by atoms with Gasteiger partial charge in [0.25, 0.3) is 0 Å². The zero-order chi connectivity index (χ0) is 18.8. The highest BCUT2D eigenvalue weighted by atomic mass is 19.4. The van der Waals surface area contributed by atoms with Crippen LogP contribution in [0.1, 0.15) is 24.4 Å². The number of likely N-dealkylation sites (tertiary alicyclic amines) is 1. The van der Waals surface area contributed by atoms with Gasteiger partial charge in [-0.05, 0) is 5.56 Å². The lowest BCUT2D eigenvalue weighted by molar-refractivity contribution is -0.209. The first-order valence-electron chi connectivity index (χ1n) is 7.20. The van der Waals surface area contributed by atoms with Crippen LogP contribution < -0.4 is 0 Å². The zero-order valence-electron chi connectivity index (χ0n) is 12.6. The number of rotatable bonds is 2. The molecule has 0 N–H and O–H groups in total. The second-order valence-corrected chi connectivity index (χ2v) is 5.47. The molecule has 1 saturated heterocycles. The van der Waals surface area contributed by atoms with Crippen molar-refractivity contribution in [2.75, 3.05) is 6.54 Å². The Hall–Kier alpha value is -2.26. The monoisotopic (exact) mass is 369 g/mol. The molecule has 1 aromatic carbocycles. The van der Waals surface area contributed by atoms with E-state index in [-0.39, 0.29) is 12.8 Å². The van der Waals surface area contributed by atoms with Crippen molar-refractivity contribution >= 4 is 11.9 Å². The van der Waals surface area contributed by atoms with E-state index in [1.807, 2.05) is 0 Å². The Balaban J connectivity index is 2.22. The van der Waals surface area contributed by atoms with Crippen molar-refractivity contribution in [3.63, 3.8) is 0 Å². The third-order valence-corrected chi connectivity index (χ3v) is 3.75. The lowest BCUT2D eigenvalue weighted by Crippen LogP contribution is -2.49. The van der Waals surface area contributed by atoms with Gasteiger partial charge < -0.3 is 9.64 Å². The third-order valence-electron chi connectivity index (χ3n) is 3.75. The maximum atomic E-state index is 12.8. The van der Waals surface area contributed by atoms with Crippen molar-refractivity contribution in [2.45, 2.75) is 37.3 Å². The largest absolute Gasteiger partial charge is 0.490 e. The van der Waals surface area contributed by atoms with Crippen LogP contribution in [0.3, 0.4) is 0 Å². The maximum absolute atomic E-state index is 12.8. The number of ether oxygens (including phenoxy) is 1. The Bertz CT molecular complexity index is 628. The number of nitrogens with zero attached hydrogens (tertiary/aromatic N) is 1. The molecular weight excluding hydrogens is 356 g/mol. The Labute approximate surface area is 138 Å². The smallest absolute Gasteiger partial charge is 0.456 e. The molecule has 0 radical (unpaired) electrons. The first-order chi connectivity index (χ1) is 11.5. The van der Waals surface area contributed by atoms with Gasteiger partial charge in [-0.15, -0.1) is 0 Å². The summed E-state index contributed by atoms with van der Waals surface area (Å²) in [6.07, 6.45) is -12.2. The molecule has 0 aliphatic carbocycles. The van der Waals surface area contributed by atoms with Crippen molar-refractivity contribution in [1.29, 1.82) is 0 Å². The molecule has 2 atom stereocenters. The van der Waals surface area contributed by atoms with Crippen molar-refractivity contribution in [2.24, 2.45) is 0 Å². The van der Waals surface area contributed by atoms with E-state index < -0.39 is 42.9 Å². The summed E-state index contributed by atoms with van der Waals surface area (Å²) < 4.78 is 79.5. The van der Waals surface area contributed by atoms with E-state index in [1.165, 1.54) is 24.3 Å². The van der Waals surface area contributed by atoms with Crippen molar-refractivity contribution in [1.82, 2.24) is 4.90 Å². The summed E-state index contributed by atoms with van der Waals surface area (Å²) in [7, 11) is 0. The van der Waals surface area contributed by atoms with Crippen LogP contribution in [0.5, 0.6) is 0 Å². The van der Waals surface area contributed by atoms with Gasteiger partial charge in [0, 0.05) is 19.4 Å². The second-order valence-electron chi connectivity index (χ2n) is 5.47. The first-order valence-corrected chi connectivity index (χ1v) is 7.20. The SMILES string of the molecule is O=C(O[C@@H]1CCN(C(=O)C(F)(F)F)[C@H](c2ccccc2)C1)C(F)(F)F. The van der Waals surface area contributed by atoms with Gasteiger partial charge in [0.05, 0.1) is 6.04 Å². The quantitative estimate of drug-likeness (QED) is 0.593. The van der Waals surface area contributed by atoms with Gasteiger partial charge in [-0.2, -0.15) is 26.3 Å². The normalized spacial score (nSPS) is 21.8. The van der Waals surface area contributed by atoms with Gasteiger partial charge in [0.2, 0.25) is 0 Å². The summed E-state index contributed by atoms with van der Waals surface area (Å²) in [5, 5.41) is 0. The molecule has 1 aliphatic heterocycles. The number of piperidine rings is 1. The van der Waals surface area contributed by atoms with Crippen molar-refractivity contribution in [3.05, 3.63) is 35.9 Å². The van der Waals surface area contributed by atoms with E-state index in [1.54, 1.807) is 6.07 Å². The summed E-state index contributed by atoms with van der Waals surface area (Å²) in [5.74, 6) is -4.48. The van der Waals surface area contributed by atoms with Crippen LogP contribution >= 0.6 is 0 Å². The molecule has 0 unspecified atom stereocenters. The molecule has 25 heavy (non-hydrogen) atoms. The zero-order valence-corrected chi connectivity index (χ0v) is 12.6. The van der Waals surface area contributed by atoms with E-state index in [0.29, 0.717) is 10.5 Å². The predicted octanol–water partition coefficient (Wildman–Crippen LogP) is 3.39. The van der Waals surface area contributed by atoms with Crippen LogP contribution in [0.4, 0.5) is 26.3 Å². The molecule has 4 nitrogen and oxygen atoms in total. The van der Waals surface area contributed by atoms with E-state index in [0.717, 1.165) is 0 Å². The van der Waals surface area contributed by atoms with Crippen molar-refractivity contribution < 1.29 is 40.7 Å². The molecule has 0 aromatic heterocycles. The summed E-state index contributed by atoms with van der Waals surface area (Å²) in [5.41, 5.74) is 0.313. The molecule has 1 fully saturated rings. The minimum Gasteiger partial charge on any atom is -0.456 e. The number of carbonyl (C=O) groups excluding carboxylic acids is 2. The first kappa shape index (κ1) is 19.1. The number of hydrogen-bond donors (Lipinski definition) is 0. The Morgan fingerprint density at radius 3 is 2.12 bits per heavy atom. The molecule has 10 heteroatoms. The number of alkyl halides is 6. The maximum Gasteiger partial charge on any atom is 0.490 e. The van der Waals surface area contributed by atoms with E-state index in [2.05, 4.69) is 4.74 Å². The number of amides is 1. The van der Waals surface area contributed by atoms with E-state index in [9.17, 15) is 35.9 Å². The van der Waals surface area contributed by atoms with Gasteiger partial charge in [0.15, 0.2) is 0 Å². The molecule has 0 saturated carbocycles. The number of esters is 1. The fraction of sp³-hybridized carbons (Fsp3) is 0.467.